The summed E-state index contributed by atoms with van der Waals surface area (Å²) in [5.41, 5.74) is 4.61. The summed E-state index contributed by atoms with van der Waals surface area (Å²) >= 11 is 0. The fourth-order valence-corrected chi connectivity index (χ4v) is 2.90. The number of phenolic OH excluding ortho intramolecular Hbond substituents is 2. The minimum atomic E-state index is 0.224. The van der Waals surface area contributed by atoms with Gasteiger partial charge in [0.2, 0.25) is 0 Å². The zero-order chi connectivity index (χ0) is 14.4. The maximum absolute atomic E-state index is 9.95. The second kappa shape index (κ2) is 4.38. The number of rotatable bonds is 1. The number of hydrogen-bond acceptors (Lipinski definition) is 4. The molecule has 4 rings (SSSR count). The van der Waals surface area contributed by atoms with Crippen LogP contribution in [0.2, 0.25) is 0 Å². The van der Waals surface area contributed by atoms with Gasteiger partial charge in [-0.05, 0) is 43.2 Å². The Morgan fingerprint density at radius 1 is 0.905 bits per heavy atom. The van der Waals surface area contributed by atoms with Crippen LogP contribution in [0.4, 0.5) is 0 Å². The fraction of sp³-hybridized carbons (Fsp3) is 0.118. The average molecular weight is 279 g/mol. The zero-order valence-electron chi connectivity index (χ0n) is 11.2. The van der Waals surface area contributed by atoms with Crippen LogP contribution >= 0.6 is 0 Å². The van der Waals surface area contributed by atoms with Gasteiger partial charge in [-0.1, -0.05) is 17.3 Å². The molecule has 4 heteroatoms. The van der Waals surface area contributed by atoms with Gasteiger partial charge < -0.3 is 14.7 Å². The van der Waals surface area contributed by atoms with Gasteiger partial charge in [-0.3, -0.25) is 0 Å². The molecule has 0 fully saturated rings. The van der Waals surface area contributed by atoms with Gasteiger partial charge in [-0.25, -0.2) is 0 Å². The van der Waals surface area contributed by atoms with Crippen LogP contribution in [0.5, 0.6) is 11.5 Å². The van der Waals surface area contributed by atoms with Gasteiger partial charge in [0, 0.05) is 22.3 Å². The van der Waals surface area contributed by atoms with Crippen LogP contribution in [-0.2, 0) is 12.8 Å². The molecule has 1 aromatic heterocycles. The highest BCUT2D eigenvalue weighted by molar-refractivity contribution is 5.77. The molecular formula is C17H13NO3. The summed E-state index contributed by atoms with van der Waals surface area (Å²) in [6.45, 7) is 0. The second-order valence-electron chi connectivity index (χ2n) is 5.19. The highest BCUT2D eigenvalue weighted by atomic mass is 16.5. The van der Waals surface area contributed by atoms with E-state index in [2.05, 4.69) is 5.16 Å². The summed E-state index contributed by atoms with van der Waals surface area (Å²) in [7, 11) is 0. The molecule has 1 aliphatic carbocycles. The van der Waals surface area contributed by atoms with Crippen molar-refractivity contribution in [1.82, 2.24) is 5.16 Å². The smallest absolute Gasteiger partial charge is 0.170 e. The van der Waals surface area contributed by atoms with Gasteiger partial charge in [-0.15, -0.1) is 0 Å². The van der Waals surface area contributed by atoms with E-state index in [-0.39, 0.29) is 5.75 Å². The maximum Gasteiger partial charge on any atom is 0.170 e. The van der Waals surface area contributed by atoms with Crippen LogP contribution < -0.4 is 0 Å². The van der Waals surface area contributed by atoms with Gasteiger partial charge in [0.25, 0.3) is 0 Å². The molecule has 0 spiro atoms. The lowest BCUT2D eigenvalue weighted by Gasteiger charge is -2.16. The molecule has 0 saturated carbocycles. The van der Waals surface area contributed by atoms with Crippen LogP contribution in [0.1, 0.15) is 11.1 Å². The Kier molecular flexibility index (Phi) is 2.51. The predicted octanol–water partition coefficient (Wildman–Crippen LogP) is 3.52. The monoisotopic (exact) mass is 279 g/mol. The van der Waals surface area contributed by atoms with E-state index in [4.69, 9.17) is 4.52 Å². The van der Waals surface area contributed by atoms with Crippen LogP contribution in [-0.4, -0.2) is 15.4 Å². The molecule has 104 valence electrons. The molecular weight excluding hydrogens is 266 g/mol. The van der Waals surface area contributed by atoms with Gasteiger partial charge >= 0.3 is 0 Å². The van der Waals surface area contributed by atoms with E-state index in [9.17, 15) is 10.2 Å². The average Bonchev–Trinajstić information content (AvgIpc) is 2.93. The first-order valence-corrected chi connectivity index (χ1v) is 6.83. The van der Waals surface area contributed by atoms with Crippen molar-refractivity contribution in [1.29, 1.82) is 0 Å². The van der Waals surface area contributed by atoms with Gasteiger partial charge in [0.15, 0.2) is 5.76 Å². The number of phenols is 2. The lowest BCUT2D eigenvalue weighted by Crippen LogP contribution is -2.03. The van der Waals surface area contributed by atoms with Crippen molar-refractivity contribution in [2.24, 2.45) is 0 Å². The number of nitrogens with zero attached hydrogens (tertiary/aromatic N) is 1. The second-order valence-corrected chi connectivity index (χ2v) is 5.19. The van der Waals surface area contributed by atoms with E-state index in [1.165, 1.54) is 0 Å². The summed E-state index contributed by atoms with van der Waals surface area (Å²) in [6.07, 6.45) is 1.54. The van der Waals surface area contributed by atoms with Crippen molar-refractivity contribution in [3.63, 3.8) is 0 Å². The van der Waals surface area contributed by atoms with Gasteiger partial charge in [0.05, 0.1) is 0 Å². The summed E-state index contributed by atoms with van der Waals surface area (Å²) in [4.78, 5) is 0. The zero-order valence-corrected chi connectivity index (χ0v) is 11.2. The number of fused-ring (bicyclic) bond motifs is 3. The molecule has 21 heavy (non-hydrogen) atoms. The molecule has 0 bridgehead atoms. The van der Waals surface area contributed by atoms with Crippen molar-refractivity contribution >= 4 is 0 Å². The van der Waals surface area contributed by atoms with E-state index in [1.807, 2.05) is 24.3 Å². The predicted molar refractivity (Wildman–Crippen MR) is 78.1 cm³/mol. The largest absolute Gasteiger partial charge is 0.508 e. The van der Waals surface area contributed by atoms with Crippen molar-refractivity contribution < 1.29 is 14.7 Å². The fourth-order valence-electron chi connectivity index (χ4n) is 2.90. The Balaban J connectivity index is 1.88. The lowest BCUT2D eigenvalue weighted by molar-refractivity contribution is 0.434. The van der Waals surface area contributed by atoms with Crippen LogP contribution in [0.3, 0.4) is 0 Å². The molecule has 2 N–H and O–H groups in total. The maximum atomic E-state index is 9.95. The molecule has 0 amide bonds. The topological polar surface area (TPSA) is 66.5 Å². The van der Waals surface area contributed by atoms with E-state index < -0.39 is 0 Å². The summed E-state index contributed by atoms with van der Waals surface area (Å²) in [5, 5.41) is 23.5. The van der Waals surface area contributed by atoms with Crippen LogP contribution in [0.25, 0.3) is 22.6 Å². The van der Waals surface area contributed by atoms with Crippen LogP contribution in [0, 0.1) is 0 Å². The van der Waals surface area contributed by atoms with E-state index >= 15 is 0 Å². The molecule has 4 nitrogen and oxygen atoms in total. The Morgan fingerprint density at radius 3 is 2.48 bits per heavy atom. The quantitative estimate of drug-likeness (QED) is 0.715. The Bertz CT molecular complexity index is 819. The molecule has 1 aliphatic rings. The first-order valence-electron chi connectivity index (χ1n) is 6.83. The molecule has 0 aliphatic heterocycles. The standard InChI is InChI=1S/C17H13NO3/c19-11-6-4-10(5-7-11)17-14-9-8-12-13(16(14)18-21-17)2-1-3-15(12)20/h1-7,19-20H,8-9H2. The number of benzene rings is 2. The third kappa shape index (κ3) is 1.80. The number of aromatic hydroxyl groups is 2. The molecule has 0 saturated heterocycles. The molecule has 3 aromatic rings. The summed E-state index contributed by atoms with van der Waals surface area (Å²) < 4.78 is 5.53. The van der Waals surface area contributed by atoms with Gasteiger partial charge in [-0.2, -0.15) is 0 Å². The Morgan fingerprint density at radius 2 is 1.67 bits per heavy atom. The van der Waals surface area contributed by atoms with E-state index in [0.717, 1.165) is 46.5 Å². The molecule has 1 heterocycles. The van der Waals surface area contributed by atoms with E-state index in [0.29, 0.717) is 5.75 Å². The van der Waals surface area contributed by atoms with E-state index in [1.54, 1.807) is 18.2 Å². The molecule has 0 atom stereocenters. The SMILES string of the molecule is Oc1ccc(-c2onc3c2CCc2c(O)cccc2-3)cc1. The Labute approximate surface area is 121 Å². The normalized spacial score (nSPS) is 12.8. The number of aromatic nitrogens is 1. The van der Waals surface area contributed by atoms with Crippen LogP contribution in [0.15, 0.2) is 47.0 Å². The number of hydrogen-bond donors (Lipinski definition) is 2. The minimum Gasteiger partial charge on any atom is -0.508 e. The molecule has 0 radical (unpaired) electrons. The molecule has 2 aromatic carbocycles. The first-order chi connectivity index (χ1) is 10.2. The first kappa shape index (κ1) is 12.0. The summed E-state index contributed by atoms with van der Waals surface area (Å²) in [5.74, 6) is 1.27. The third-order valence-corrected chi connectivity index (χ3v) is 3.95. The highest BCUT2D eigenvalue weighted by Gasteiger charge is 2.26. The summed E-state index contributed by atoms with van der Waals surface area (Å²) in [6, 6.07) is 12.4. The third-order valence-electron chi connectivity index (χ3n) is 3.95. The lowest BCUT2D eigenvalue weighted by atomic mass is 9.87. The van der Waals surface area contributed by atoms with Crippen molar-refractivity contribution in [2.45, 2.75) is 12.8 Å². The highest BCUT2D eigenvalue weighted by Crippen LogP contribution is 2.41. The van der Waals surface area contributed by atoms with Crippen molar-refractivity contribution in [3.8, 4) is 34.1 Å². The van der Waals surface area contributed by atoms with Crippen molar-refractivity contribution in [2.75, 3.05) is 0 Å². The minimum absolute atomic E-state index is 0.224. The molecule has 0 unspecified atom stereocenters. The van der Waals surface area contributed by atoms with Crippen molar-refractivity contribution in [3.05, 3.63) is 53.6 Å². The van der Waals surface area contributed by atoms with Gasteiger partial charge in [0.1, 0.15) is 17.2 Å². The Hall–Kier alpha value is -2.75.